The number of nitrogens with zero attached hydrogens (tertiary/aromatic N) is 1. The molecule has 1 aromatic rings. The van der Waals surface area contributed by atoms with Crippen LogP contribution in [0.15, 0.2) is 17.0 Å². The van der Waals surface area contributed by atoms with E-state index in [0.717, 1.165) is 6.07 Å². The van der Waals surface area contributed by atoms with Crippen LogP contribution in [0.25, 0.3) is 0 Å². The van der Waals surface area contributed by atoms with Crippen LogP contribution in [0.5, 0.6) is 0 Å². The molecule has 0 amide bonds. The van der Waals surface area contributed by atoms with Crippen molar-refractivity contribution in [1.29, 1.82) is 5.26 Å². The molecule has 0 aliphatic carbocycles. The summed E-state index contributed by atoms with van der Waals surface area (Å²) in [5.74, 6) is 0. The van der Waals surface area contributed by atoms with Gasteiger partial charge in [-0.25, -0.2) is 0 Å². The first-order valence-electron chi connectivity index (χ1n) is 3.67. The maximum absolute atomic E-state index is 12.4. The molecule has 0 spiro atoms. The number of aryl methyl sites for hydroxylation is 1. The van der Waals surface area contributed by atoms with Crippen molar-refractivity contribution in [2.45, 2.75) is 18.0 Å². The fourth-order valence-electron chi connectivity index (χ4n) is 1.11. The van der Waals surface area contributed by atoms with Crippen LogP contribution in [0.4, 0.5) is 13.2 Å². The topological polar surface area (TPSA) is 23.8 Å². The summed E-state index contributed by atoms with van der Waals surface area (Å²) in [6.07, 6.45) is -4.51. The molecular formula is C9H6F3NS. The second kappa shape index (κ2) is 3.54. The Labute approximate surface area is 84.6 Å². The van der Waals surface area contributed by atoms with Crippen LogP contribution in [0, 0.1) is 18.3 Å². The maximum atomic E-state index is 12.4. The Morgan fingerprint density at radius 3 is 2.36 bits per heavy atom. The second-order valence-corrected chi connectivity index (χ2v) is 3.30. The zero-order chi connectivity index (χ0) is 10.9. The Kier molecular flexibility index (Phi) is 2.76. The van der Waals surface area contributed by atoms with Gasteiger partial charge in [0.25, 0.3) is 0 Å². The maximum Gasteiger partial charge on any atom is 0.417 e. The lowest BCUT2D eigenvalue weighted by Crippen LogP contribution is -2.08. The molecule has 0 fully saturated rings. The molecule has 0 saturated heterocycles. The Morgan fingerprint density at radius 2 is 1.93 bits per heavy atom. The molecule has 0 saturated carbocycles. The van der Waals surface area contributed by atoms with Gasteiger partial charge in [0.2, 0.25) is 0 Å². The van der Waals surface area contributed by atoms with E-state index in [2.05, 4.69) is 12.6 Å². The first-order valence-corrected chi connectivity index (χ1v) is 4.12. The quantitative estimate of drug-likeness (QED) is 0.663. The van der Waals surface area contributed by atoms with Crippen LogP contribution in [-0.2, 0) is 6.18 Å². The van der Waals surface area contributed by atoms with Crippen molar-refractivity contribution in [3.05, 3.63) is 28.8 Å². The highest BCUT2D eigenvalue weighted by Crippen LogP contribution is 2.34. The van der Waals surface area contributed by atoms with Gasteiger partial charge in [-0.1, -0.05) is 0 Å². The summed E-state index contributed by atoms with van der Waals surface area (Å²) in [6, 6.07) is 3.87. The monoisotopic (exact) mass is 217 g/mol. The molecule has 1 nitrogen and oxygen atoms in total. The lowest BCUT2D eigenvalue weighted by atomic mass is 10.0. The normalized spacial score (nSPS) is 11.1. The summed E-state index contributed by atoms with van der Waals surface area (Å²) in [6.45, 7) is 1.52. The largest absolute Gasteiger partial charge is 0.417 e. The molecule has 0 atom stereocenters. The number of rotatable bonds is 0. The molecular weight excluding hydrogens is 211 g/mol. The summed E-state index contributed by atoms with van der Waals surface area (Å²) in [5, 5.41) is 8.55. The van der Waals surface area contributed by atoms with Gasteiger partial charge in [0.15, 0.2) is 0 Å². The van der Waals surface area contributed by atoms with Crippen molar-refractivity contribution < 1.29 is 13.2 Å². The van der Waals surface area contributed by atoms with Gasteiger partial charge in [-0.05, 0) is 24.6 Å². The van der Waals surface area contributed by atoms with Gasteiger partial charge in [-0.2, -0.15) is 18.4 Å². The summed E-state index contributed by atoms with van der Waals surface area (Å²) < 4.78 is 37.2. The minimum Gasteiger partial charge on any atom is -0.192 e. The van der Waals surface area contributed by atoms with E-state index in [-0.39, 0.29) is 4.90 Å². The van der Waals surface area contributed by atoms with Gasteiger partial charge >= 0.3 is 6.18 Å². The van der Waals surface area contributed by atoms with Crippen molar-refractivity contribution in [2.24, 2.45) is 0 Å². The molecule has 0 aliphatic heterocycles. The second-order valence-electron chi connectivity index (χ2n) is 2.82. The van der Waals surface area contributed by atoms with E-state index in [1.807, 2.05) is 0 Å². The molecule has 0 N–H and O–H groups in total. The average molecular weight is 217 g/mol. The van der Waals surface area contributed by atoms with Gasteiger partial charge in [-0.3, -0.25) is 0 Å². The SMILES string of the molecule is Cc1cc(S)c(C#N)c(C(F)(F)F)c1. The Bertz CT molecular complexity index is 404. The van der Waals surface area contributed by atoms with Gasteiger partial charge in [0.1, 0.15) is 6.07 Å². The van der Waals surface area contributed by atoms with Crippen molar-refractivity contribution in [1.82, 2.24) is 0 Å². The minimum absolute atomic E-state index is 0.0554. The zero-order valence-corrected chi connectivity index (χ0v) is 8.08. The molecule has 0 bridgehead atoms. The predicted molar refractivity (Wildman–Crippen MR) is 48.1 cm³/mol. The van der Waals surface area contributed by atoms with Gasteiger partial charge < -0.3 is 0 Å². The molecule has 5 heteroatoms. The third-order valence-corrected chi connectivity index (χ3v) is 2.03. The molecule has 0 aliphatic rings. The Morgan fingerprint density at radius 1 is 1.36 bits per heavy atom. The van der Waals surface area contributed by atoms with Gasteiger partial charge in [0.05, 0.1) is 11.1 Å². The number of hydrogen-bond acceptors (Lipinski definition) is 2. The lowest BCUT2D eigenvalue weighted by Gasteiger charge is -2.10. The zero-order valence-electron chi connectivity index (χ0n) is 7.18. The number of alkyl halides is 3. The standard InChI is InChI=1S/C9H6F3NS/c1-5-2-7(9(10,11)12)6(4-13)8(14)3-5/h2-3,14H,1H3. The van der Waals surface area contributed by atoms with Crippen molar-refractivity contribution in [2.75, 3.05) is 0 Å². The molecule has 1 aromatic carbocycles. The average Bonchev–Trinajstić information content (AvgIpc) is 2.01. The van der Waals surface area contributed by atoms with Crippen LogP contribution < -0.4 is 0 Å². The van der Waals surface area contributed by atoms with E-state index in [1.165, 1.54) is 19.1 Å². The van der Waals surface area contributed by atoms with Crippen LogP contribution in [0.1, 0.15) is 16.7 Å². The third-order valence-electron chi connectivity index (χ3n) is 1.68. The first-order chi connectivity index (χ1) is 6.36. The van der Waals surface area contributed by atoms with E-state index >= 15 is 0 Å². The highest BCUT2D eigenvalue weighted by molar-refractivity contribution is 7.80. The van der Waals surface area contributed by atoms with Crippen LogP contribution >= 0.6 is 12.6 Å². The van der Waals surface area contributed by atoms with Gasteiger partial charge in [-0.15, -0.1) is 12.6 Å². The predicted octanol–water partition coefficient (Wildman–Crippen LogP) is 3.17. The molecule has 1 rings (SSSR count). The summed E-state index contributed by atoms with van der Waals surface area (Å²) in [5.41, 5.74) is -0.919. The van der Waals surface area contributed by atoms with Crippen molar-refractivity contribution in [3.8, 4) is 6.07 Å². The van der Waals surface area contributed by atoms with Crippen LogP contribution in [-0.4, -0.2) is 0 Å². The molecule has 0 heterocycles. The summed E-state index contributed by atoms with van der Waals surface area (Å²) in [4.78, 5) is 0.0554. The lowest BCUT2D eigenvalue weighted by molar-refractivity contribution is -0.138. The number of nitriles is 1. The smallest absolute Gasteiger partial charge is 0.192 e. The number of halogens is 3. The Hall–Kier alpha value is -1.15. The van der Waals surface area contributed by atoms with E-state index in [4.69, 9.17) is 5.26 Å². The Balaban J connectivity index is 3.50. The van der Waals surface area contributed by atoms with Crippen LogP contribution in [0.3, 0.4) is 0 Å². The summed E-state index contributed by atoms with van der Waals surface area (Å²) in [7, 11) is 0. The number of benzene rings is 1. The highest BCUT2D eigenvalue weighted by atomic mass is 32.1. The highest BCUT2D eigenvalue weighted by Gasteiger charge is 2.34. The molecule has 0 aromatic heterocycles. The molecule has 0 radical (unpaired) electrons. The number of hydrogen-bond donors (Lipinski definition) is 1. The van der Waals surface area contributed by atoms with E-state index in [9.17, 15) is 13.2 Å². The summed E-state index contributed by atoms with van der Waals surface area (Å²) >= 11 is 3.83. The fourth-order valence-corrected chi connectivity index (χ4v) is 1.48. The third kappa shape index (κ3) is 2.02. The van der Waals surface area contributed by atoms with Crippen molar-refractivity contribution in [3.63, 3.8) is 0 Å². The van der Waals surface area contributed by atoms with E-state index < -0.39 is 17.3 Å². The number of thiol groups is 1. The minimum atomic E-state index is -4.51. The molecule has 74 valence electrons. The fraction of sp³-hybridized carbons (Fsp3) is 0.222. The van der Waals surface area contributed by atoms with Crippen molar-refractivity contribution >= 4 is 12.6 Å². The van der Waals surface area contributed by atoms with E-state index in [1.54, 1.807) is 0 Å². The van der Waals surface area contributed by atoms with E-state index in [0.29, 0.717) is 5.56 Å². The van der Waals surface area contributed by atoms with Crippen LogP contribution in [0.2, 0.25) is 0 Å². The molecule has 14 heavy (non-hydrogen) atoms. The van der Waals surface area contributed by atoms with Gasteiger partial charge in [0, 0.05) is 4.90 Å². The first kappa shape index (κ1) is 10.9. The molecule has 0 unspecified atom stereocenters.